The van der Waals surface area contributed by atoms with Crippen LogP contribution in [0.15, 0.2) is 0 Å². The molecule has 1 aliphatic heterocycles. The van der Waals surface area contributed by atoms with Gasteiger partial charge in [-0.1, -0.05) is 12.8 Å². The summed E-state index contributed by atoms with van der Waals surface area (Å²) in [5, 5.41) is 5.49. The minimum atomic E-state index is -0.350. The lowest BCUT2D eigenvalue weighted by Gasteiger charge is -2.34. The Morgan fingerprint density at radius 2 is 1.68 bits per heavy atom. The standard InChI is InChI=1S/C16H27N3O3/c1-17-16(22)13-8-4-5-11-19(13)14(20)9-10-18-15(21)12-6-2-3-7-12/h12-13H,2-11H2,1H3,(H,17,22)(H,18,21). The number of amides is 3. The van der Waals surface area contributed by atoms with Crippen LogP contribution in [0.3, 0.4) is 0 Å². The number of likely N-dealkylation sites (N-methyl/N-ethyl adjacent to an activating group) is 1. The molecule has 1 saturated heterocycles. The molecule has 3 amide bonds. The minimum Gasteiger partial charge on any atom is -0.357 e. The molecule has 6 heteroatoms. The predicted molar refractivity (Wildman–Crippen MR) is 83.0 cm³/mol. The molecule has 1 saturated carbocycles. The molecule has 6 nitrogen and oxygen atoms in total. The molecule has 22 heavy (non-hydrogen) atoms. The Hall–Kier alpha value is -1.59. The van der Waals surface area contributed by atoms with E-state index in [0.717, 1.165) is 44.9 Å². The second kappa shape index (κ2) is 8.15. The number of hydrogen-bond donors (Lipinski definition) is 2. The van der Waals surface area contributed by atoms with Gasteiger partial charge in [0.15, 0.2) is 0 Å². The second-order valence-electron chi connectivity index (χ2n) is 6.24. The maximum absolute atomic E-state index is 12.3. The lowest BCUT2D eigenvalue weighted by molar-refractivity contribution is -0.142. The Labute approximate surface area is 132 Å². The first-order valence-electron chi connectivity index (χ1n) is 8.42. The third-order valence-corrected chi connectivity index (χ3v) is 4.74. The van der Waals surface area contributed by atoms with E-state index in [1.165, 1.54) is 0 Å². The fourth-order valence-electron chi connectivity index (χ4n) is 3.44. The van der Waals surface area contributed by atoms with Crippen molar-refractivity contribution in [2.45, 2.75) is 57.4 Å². The van der Waals surface area contributed by atoms with E-state index in [-0.39, 0.29) is 36.1 Å². The lowest BCUT2D eigenvalue weighted by atomic mass is 10.0. The van der Waals surface area contributed by atoms with E-state index in [0.29, 0.717) is 13.1 Å². The number of nitrogens with zero attached hydrogens (tertiary/aromatic N) is 1. The summed E-state index contributed by atoms with van der Waals surface area (Å²) in [5.74, 6) is 0.0681. The van der Waals surface area contributed by atoms with Crippen LogP contribution in [0.1, 0.15) is 51.4 Å². The molecule has 124 valence electrons. The molecule has 2 aliphatic rings. The maximum atomic E-state index is 12.3. The normalized spacial score (nSPS) is 22.4. The second-order valence-corrected chi connectivity index (χ2v) is 6.24. The van der Waals surface area contributed by atoms with Crippen LogP contribution in [-0.2, 0) is 14.4 Å². The number of carbonyl (C=O) groups is 3. The van der Waals surface area contributed by atoms with Gasteiger partial charge in [0.1, 0.15) is 6.04 Å². The van der Waals surface area contributed by atoms with Crippen molar-refractivity contribution in [1.82, 2.24) is 15.5 Å². The molecular formula is C16H27N3O3. The Bertz CT molecular complexity index is 419. The highest BCUT2D eigenvalue weighted by Crippen LogP contribution is 2.24. The zero-order chi connectivity index (χ0) is 15.9. The van der Waals surface area contributed by atoms with E-state index in [2.05, 4.69) is 10.6 Å². The summed E-state index contributed by atoms with van der Waals surface area (Å²) in [6, 6.07) is -0.350. The molecule has 0 spiro atoms. The number of rotatable bonds is 5. The Balaban J connectivity index is 1.77. The number of nitrogens with one attached hydrogen (secondary N) is 2. The van der Waals surface area contributed by atoms with Crippen molar-refractivity contribution in [3.05, 3.63) is 0 Å². The van der Waals surface area contributed by atoms with Gasteiger partial charge in [0.2, 0.25) is 17.7 Å². The molecule has 2 rings (SSSR count). The molecule has 0 aromatic carbocycles. The van der Waals surface area contributed by atoms with Gasteiger partial charge in [-0.05, 0) is 32.1 Å². The van der Waals surface area contributed by atoms with Crippen LogP contribution >= 0.6 is 0 Å². The van der Waals surface area contributed by atoms with Gasteiger partial charge >= 0.3 is 0 Å². The van der Waals surface area contributed by atoms with Crippen LogP contribution in [0.25, 0.3) is 0 Å². The summed E-state index contributed by atoms with van der Waals surface area (Å²) in [6.07, 6.45) is 7.08. The molecule has 0 aromatic heterocycles. The number of piperidine rings is 1. The quantitative estimate of drug-likeness (QED) is 0.789. The molecule has 2 fully saturated rings. The summed E-state index contributed by atoms with van der Waals surface area (Å²) in [4.78, 5) is 37.8. The molecule has 1 atom stereocenters. The number of hydrogen-bond acceptors (Lipinski definition) is 3. The van der Waals surface area contributed by atoms with E-state index in [4.69, 9.17) is 0 Å². The first kappa shape index (κ1) is 16.8. The van der Waals surface area contributed by atoms with Crippen LogP contribution in [0.2, 0.25) is 0 Å². The zero-order valence-electron chi connectivity index (χ0n) is 13.4. The van der Waals surface area contributed by atoms with Gasteiger partial charge in [0, 0.05) is 32.5 Å². The van der Waals surface area contributed by atoms with Gasteiger partial charge < -0.3 is 15.5 Å². The molecule has 1 heterocycles. The fourth-order valence-corrected chi connectivity index (χ4v) is 3.44. The van der Waals surface area contributed by atoms with E-state index < -0.39 is 0 Å². The number of carbonyl (C=O) groups excluding carboxylic acids is 3. The first-order chi connectivity index (χ1) is 10.6. The topological polar surface area (TPSA) is 78.5 Å². The third kappa shape index (κ3) is 4.21. The Morgan fingerprint density at radius 3 is 2.36 bits per heavy atom. The van der Waals surface area contributed by atoms with Crippen molar-refractivity contribution in [3.63, 3.8) is 0 Å². The average Bonchev–Trinajstić information content (AvgIpc) is 3.08. The fraction of sp³-hybridized carbons (Fsp3) is 0.812. The van der Waals surface area contributed by atoms with Gasteiger partial charge in [0.25, 0.3) is 0 Å². The van der Waals surface area contributed by atoms with Gasteiger partial charge in [-0.25, -0.2) is 0 Å². The SMILES string of the molecule is CNC(=O)C1CCCCN1C(=O)CCNC(=O)C1CCCC1. The van der Waals surface area contributed by atoms with Crippen LogP contribution in [-0.4, -0.2) is 48.8 Å². The maximum Gasteiger partial charge on any atom is 0.242 e. The summed E-state index contributed by atoms with van der Waals surface area (Å²) >= 11 is 0. The van der Waals surface area contributed by atoms with Crippen LogP contribution in [0.4, 0.5) is 0 Å². The molecular weight excluding hydrogens is 282 g/mol. The van der Waals surface area contributed by atoms with Crippen molar-refractivity contribution in [2.24, 2.45) is 5.92 Å². The Morgan fingerprint density at radius 1 is 1.00 bits per heavy atom. The average molecular weight is 309 g/mol. The molecule has 0 radical (unpaired) electrons. The van der Waals surface area contributed by atoms with Crippen molar-refractivity contribution in [3.8, 4) is 0 Å². The van der Waals surface area contributed by atoms with Gasteiger partial charge in [-0.2, -0.15) is 0 Å². The van der Waals surface area contributed by atoms with Gasteiger partial charge in [-0.3, -0.25) is 14.4 Å². The first-order valence-corrected chi connectivity index (χ1v) is 8.42. The Kier molecular flexibility index (Phi) is 6.21. The van der Waals surface area contributed by atoms with Crippen LogP contribution in [0.5, 0.6) is 0 Å². The summed E-state index contributed by atoms with van der Waals surface area (Å²) in [5.41, 5.74) is 0. The van der Waals surface area contributed by atoms with Crippen molar-refractivity contribution < 1.29 is 14.4 Å². The number of likely N-dealkylation sites (tertiary alicyclic amines) is 1. The predicted octanol–water partition coefficient (Wildman–Crippen LogP) is 0.810. The zero-order valence-corrected chi connectivity index (χ0v) is 13.4. The summed E-state index contributed by atoms with van der Waals surface area (Å²) < 4.78 is 0. The lowest BCUT2D eigenvalue weighted by Crippen LogP contribution is -2.51. The smallest absolute Gasteiger partial charge is 0.242 e. The molecule has 1 aliphatic carbocycles. The van der Waals surface area contributed by atoms with Gasteiger partial charge in [-0.15, -0.1) is 0 Å². The largest absolute Gasteiger partial charge is 0.357 e. The van der Waals surface area contributed by atoms with Crippen LogP contribution in [0, 0.1) is 5.92 Å². The highest BCUT2D eigenvalue weighted by atomic mass is 16.2. The van der Waals surface area contributed by atoms with Crippen molar-refractivity contribution >= 4 is 17.7 Å². The summed E-state index contributed by atoms with van der Waals surface area (Å²) in [7, 11) is 1.60. The van der Waals surface area contributed by atoms with E-state index in [1.54, 1.807) is 11.9 Å². The third-order valence-electron chi connectivity index (χ3n) is 4.74. The van der Waals surface area contributed by atoms with E-state index in [1.807, 2.05) is 0 Å². The van der Waals surface area contributed by atoms with E-state index in [9.17, 15) is 14.4 Å². The van der Waals surface area contributed by atoms with Crippen molar-refractivity contribution in [1.29, 1.82) is 0 Å². The highest BCUT2D eigenvalue weighted by molar-refractivity contribution is 5.88. The minimum absolute atomic E-state index is 0.0416. The molecule has 2 N–H and O–H groups in total. The molecule has 1 unspecified atom stereocenters. The summed E-state index contributed by atoms with van der Waals surface area (Å²) in [6.45, 7) is 0.999. The van der Waals surface area contributed by atoms with E-state index >= 15 is 0 Å². The molecule has 0 bridgehead atoms. The van der Waals surface area contributed by atoms with Crippen molar-refractivity contribution in [2.75, 3.05) is 20.1 Å². The molecule has 0 aromatic rings. The van der Waals surface area contributed by atoms with Gasteiger partial charge in [0.05, 0.1) is 0 Å². The monoisotopic (exact) mass is 309 g/mol. The van der Waals surface area contributed by atoms with Crippen LogP contribution < -0.4 is 10.6 Å². The highest BCUT2D eigenvalue weighted by Gasteiger charge is 2.31.